The largest absolute Gasteiger partial charge is 0.0725 e. The highest BCUT2D eigenvalue weighted by Gasteiger charge is 2.51. The Morgan fingerprint density at radius 2 is 0.623 bits per heavy atom. The van der Waals surface area contributed by atoms with Crippen molar-refractivity contribution in [3.05, 3.63) is 274 Å². The Morgan fingerprint density at radius 1 is 0.246 bits per heavy atom. The first-order valence-corrected chi connectivity index (χ1v) is 21.4. The van der Waals surface area contributed by atoms with Gasteiger partial charge < -0.3 is 0 Å². The van der Waals surface area contributed by atoms with Crippen molar-refractivity contribution in [3.63, 3.8) is 0 Å². The smallest absolute Gasteiger partial charge is 0.0622 e. The van der Waals surface area contributed by atoms with Crippen molar-refractivity contribution >= 4 is 0 Å². The molecule has 0 radical (unpaired) electrons. The summed E-state index contributed by atoms with van der Waals surface area (Å²) in [6.45, 7) is 12.9. The predicted octanol–water partition coefficient (Wildman–Crippen LogP) is 16.3. The van der Waals surface area contributed by atoms with Gasteiger partial charge in [-0.3, -0.25) is 0 Å². The highest BCUT2D eigenvalue weighted by atomic mass is 14.5. The average molecular weight is 787 g/mol. The van der Waals surface area contributed by atoms with Gasteiger partial charge >= 0.3 is 0 Å². The second-order valence-electron chi connectivity index (χ2n) is 16.4. The third kappa shape index (κ3) is 8.15. The molecule has 0 N–H and O–H groups in total. The molecule has 0 amide bonds. The summed E-state index contributed by atoms with van der Waals surface area (Å²) in [5, 5.41) is 0. The number of hydrogen-bond donors (Lipinski definition) is 0. The van der Waals surface area contributed by atoms with Crippen LogP contribution in [0.25, 0.3) is 44.5 Å². The molecule has 0 heteroatoms. The van der Waals surface area contributed by atoms with Crippen molar-refractivity contribution < 1.29 is 0 Å². The molecule has 11 rings (SSSR count). The Balaban J connectivity index is 0.000000124. The summed E-state index contributed by atoms with van der Waals surface area (Å²) in [6, 6.07) is 78.1. The van der Waals surface area contributed by atoms with Gasteiger partial charge in [-0.1, -0.05) is 235 Å². The lowest BCUT2D eigenvalue weighted by atomic mass is 9.70. The van der Waals surface area contributed by atoms with Gasteiger partial charge in [0.2, 0.25) is 0 Å². The van der Waals surface area contributed by atoms with Crippen LogP contribution in [-0.2, 0) is 5.41 Å². The Bertz CT molecular complexity index is 2800. The Morgan fingerprint density at radius 3 is 1.11 bits per heavy atom. The molecule has 0 saturated carbocycles. The Hall–Kier alpha value is -7.02. The SMILES string of the molecule is Cc1ccc(-c2ccccc2)cc1.Cc1cccc(C)c1.Cc1cccc2c1-c1ccccc1C21c2ccccc2-c2ccccc21.Cc1ccccc1-c1ccccc1C. The van der Waals surface area contributed by atoms with Gasteiger partial charge in [0.25, 0.3) is 0 Å². The van der Waals surface area contributed by atoms with E-state index in [-0.39, 0.29) is 5.41 Å². The zero-order chi connectivity index (χ0) is 42.3. The number of rotatable bonds is 2. The van der Waals surface area contributed by atoms with Crippen LogP contribution in [0.3, 0.4) is 0 Å². The summed E-state index contributed by atoms with van der Waals surface area (Å²) < 4.78 is 0. The molecule has 0 aromatic heterocycles. The van der Waals surface area contributed by atoms with Crippen LogP contribution in [0.15, 0.2) is 218 Å². The van der Waals surface area contributed by atoms with Crippen LogP contribution in [-0.4, -0.2) is 0 Å². The van der Waals surface area contributed by atoms with Gasteiger partial charge in [-0.05, 0) is 125 Å². The van der Waals surface area contributed by atoms with Crippen LogP contribution in [0.1, 0.15) is 55.6 Å². The first-order valence-electron chi connectivity index (χ1n) is 21.4. The van der Waals surface area contributed by atoms with Gasteiger partial charge in [0.1, 0.15) is 0 Å². The minimum Gasteiger partial charge on any atom is -0.0622 e. The molecule has 298 valence electrons. The molecule has 0 heterocycles. The van der Waals surface area contributed by atoms with Crippen LogP contribution < -0.4 is 0 Å². The summed E-state index contributed by atoms with van der Waals surface area (Å²) in [5.74, 6) is 0. The number of hydrogen-bond acceptors (Lipinski definition) is 0. The molecule has 61 heavy (non-hydrogen) atoms. The summed E-state index contributed by atoms with van der Waals surface area (Å²) in [4.78, 5) is 0. The number of aryl methyl sites for hydroxylation is 6. The van der Waals surface area contributed by atoms with E-state index in [1.54, 1.807) is 0 Å². The monoisotopic (exact) mass is 786 g/mol. The number of benzene rings is 9. The van der Waals surface area contributed by atoms with Gasteiger partial charge in [0, 0.05) is 0 Å². The summed E-state index contributed by atoms with van der Waals surface area (Å²) in [7, 11) is 0. The first kappa shape index (κ1) is 40.7. The van der Waals surface area contributed by atoms with Gasteiger partial charge in [0.15, 0.2) is 0 Å². The van der Waals surface area contributed by atoms with E-state index >= 15 is 0 Å². The lowest BCUT2D eigenvalue weighted by Crippen LogP contribution is -2.25. The Kier molecular flexibility index (Phi) is 12.1. The van der Waals surface area contributed by atoms with Gasteiger partial charge in [-0.25, -0.2) is 0 Å². The minimum absolute atomic E-state index is 0.189. The first-order chi connectivity index (χ1) is 29.8. The number of fused-ring (bicyclic) bond motifs is 10. The molecule has 0 atom stereocenters. The molecule has 9 aromatic rings. The molecule has 0 aliphatic heterocycles. The fraction of sp³-hybridized carbons (Fsp3) is 0.115. The van der Waals surface area contributed by atoms with Crippen molar-refractivity contribution in [2.45, 2.75) is 47.0 Å². The van der Waals surface area contributed by atoms with E-state index in [1.165, 1.54) is 100 Å². The van der Waals surface area contributed by atoms with Crippen LogP contribution >= 0.6 is 0 Å². The molecule has 0 unspecified atom stereocenters. The van der Waals surface area contributed by atoms with Gasteiger partial charge in [-0.2, -0.15) is 0 Å². The second-order valence-corrected chi connectivity index (χ2v) is 16.4. The molecular formula is C61H54. The van der Waals surface area contributed by atoms with Crippen LogP contribution in [0.4, 0.5) is 0 Å². The van der Waals surface area contributed by atoms with Crippen molar-refractivity contribution in [1.29, 1.82) is 0 Å². The van der Waals surface area contributed by atoms with Crippen LogP contribution in [0.5, 0.6) is 0 Å². The molecule has 9 aromatic carbocycles. The molecule has 2 aliphatic rings. The van der Waals surface area contributed by atoms with Crippen LogP contribution in [0, 0.1) is 41.5 Å². The van der Waals surface area contributed by atoms with E-state index in [0.717, 1.165) is 0 Å². The molecule has 2 aliphatic carbocycles. The summed E-state index contributed by atoms with van der Waals surface area (Å²) >= 11 is 0. The van der Waals surface area contributed by atoms with Crippen molar-refractivity contribution in [2.75, 3.05) is 0 Å². The van der Waals surface area contributed by atoms with Gasteiger partial charge in [-0.15, -0.1) is 0 Å². The van der Waals surface area contributed by atoms with E-state index in [9.17, 15) is 0 Å². The van der Waals surface area contributed by atoms with Crippen LogP contribution in [0.2, 0.25) is 0 Å². The summed E-state index contributed by atoms with van der Waals surface area (Å²) in [6.07, 6.45) is 0. The molecular weight excluding hydrogens is 733 g/mol. The summed E-state index contributed by atoms with van der Waals surface area (Å²) in [5.41, 5.74) is 24.3. The fourth-order valence-corrected chi connectivity index (χ4v) is 9.26. The quantitative estimate of drug-likeness (QED) is 0.164. The molecule has 1 spiro atoms. The van der Waals surface area contributed by atoms with Crippen molar-refractivity contribution in [3.8, 4) is 44.5 Å². The molecule has 0 bridgehead atoms. The van der Waals surface area contributed by atoms with E-state index in [1.807, 2.05) is 6.07 Å². The lowest BCUT2D eigenvalue weighted by Gasteiger charge is -2.30. The maximum absolute atomic E-state index is 2.33. The zero-order valence-corrected chi connectivity index (χ0v) is 36.3. The maximum Gasteiger partial charge on any atom is 0.0725 e. The van der Waals surface area contributed by atoms with E-state index in [2.05, 4.69) is 254 Å². The van der Waals surface area contributed by atoms with E-state index < -0.39 is 0 Å². The highest BCUT2D eigenvalue weighted by molar-refractivity contribution is 5.95. The van der Waals surface area contributed by atoms with Crippen molar-refractivity contribution in [1.82, 2.24) is 0 Å². The Labute approximate surface area is 363 Å². The zero-order valence-electron chi connectivity index (χ0n) is 36.3. The van der Waals surface area contributed by atoms with E-state index in [4.69, 9.17) is 0 Å². The predicted molar refractivity (Wildman–Crippen MR) is 261 cm³/mol. The highest BCUT2D eigenvalue weighted by Crippen LogP contribution is 2.63. The molecule has 0 nitrogen and oxygen atoms in total. The molecule has 0 fully saturated rings. The second kappa shape index (κ2) is 18.1. The fourth-order valence-electron chi connectivity index (χ4n) is 9.26. The van der Waals surface area contributed by atoms with Gasteiger partial charge in [0.05, 0.1) is 5.41 Å². The average Bonchev–Trinajstić information content (AvgIpc) is 3.76. The van der Waals surface area contributed by atoms with Crippen molar-refractivity contribution in [2.24, 2.45) is 0 Å². The third-order valence-electron chi connectivity index (χ3n) is 12.1. The third-order valence-corrected chi connectivity index (χ3v) is 12.1. The minimum atomic E-state index is -0.189. The normalized spacial score (nSPS) is 11.9. The van der Waals surface area contributed by atoms with E-state index in [0.29, 0.717) is 0 Å². The standard InChI is InChI=1S/C26H18.C14H14.C13H12.C8H10/c1-17-9-8-16-24-25(17)20-12-4-7-15-23(20)26(24)21-13-5-2-10-18(21)19-11-3-6-14-22(19)26;1-11-7-3-5-9-13(11)14-10-6-4-8-12(14)2;1-11-7-9-13(10-8-11)12-5-3-2-4-6-12;1-7-4-3-5-8(2)6-7/h2-16H,1H3;3-10H,1-2H3;2-10H,1H3;3-6H,1-2H3. The topological polar surface area (TPSA) is 0 Å². The lowest BCUT2D eigenvalue weighted by molar-refractivity contribution is 0.793. The maximum atomic E-state index is 2.33. The molecule has 0 saturated heterocycles.